The maximum Gasteiger partial charge on any atom is 0.308 e. The van der Waals surface area contributed by atoms with Crippen molar-refractivity contribution in [1.82, 2.24) is 0 Å². The lowest BCUT2D eigenvalue weighted by Crippen LogP contribution is -2.18. The van der Waals surface area contributed by atoms with Gasteiger partial charge in [0.25, 0.3) is 0 Å². The van der Waals surface area contributed by atoms with Crippen molar-refractivity contribution < 1.29 is 9.53 Å². The van der Waals surface area contributed by atoms with Crippen molar-refractivity contribution in [2.75, 3.05) is 6.61 Å². The second-order valence-corrected chi connectivity index (χ2v) is 9.45. The number of ether oxygens (including phenoxy) is 1. The zero-order chi connectivity index (χ0) is 22.1. The van der Waals surface area contributed by atoms with E-state index in [0.29, 0.717) is 6.61 Å². The van der Waals surface area contributed by atoms with E-state index in [1.54, 1.807) is 0 Å². The summed E-state index contributed by atoms with van der Waals surface area (Å²) in [5.41, 5.74) is 0. The highest BCUT2D eigenvalue weighted by Gasteiger charge is 2.18. The number of carbonyl (C=O) groups excluding carboxylic acids is 1. The predicted molar refractivity (Wildman–Crippen MR) is 133 cm³/mol. The SMILES string of the molecule is CCCCCCCCCCCCCCCCC(CCC)C(=O)OCCCCCCC. The largest absolute Gasteiger partial charge is 0.465 e. The van der Waals surface area contributed by atoms with Crippen LogP contribution >= 0.6 is 0 Å². The molecule has 0 aliphatic heterocycles. The molecule has 30 heavy (non-hydrogen) atoms. The van der Waals surface area contributed by atoms with E-state index in [2.05, 4.69) is 20.8 Å². The topological polar surface area (TPSA) is 26.3 Å². The number of hydrogen-bond acceptors (Lipinski definition) is 2. The van der Waals surface area contributed by atoms with Crippen LogP contribution in [-0.4, -0.2) is 12.6 Å². The second kappa shape index (κ2) is 24.7. The molecule has 0 aliphatic carbocycles. The van der Waals surface area contributed by atoms with E-state index in [1.807, 2.05) is 0 Å². The molecule has 0 rings (SSSR count). The van der Waals surface area contributed by atoms with Crippen molar-refractivity contribution in [2.24, 2.45) is 5.92 Å². The van der Waals surface area contributed by atoms with E-state index in [1.165, 1.54) is 116 Å². The lowest BCUT2D eigenvalue weighted by molar-refractivity contribution is -0.149. The van der Waals surface area contributed by atoms with E-state index >= 15 is 0 Å². The highest BCUT2D eigenvalue weighted by Crippen LogP contribution is 2.19. The lowest BCUT2D eigenvalue weighted by Gasteiger charge is -2.15. The third-order valence-corrected chi connectivity index (χ3v) is 6.37. The summed E-state index contributed by atoms with van der Waals surface area (Å²) in [5, 5.41) is 0. The average Bonchev–Trinajstić information content (AvgIpc) is 2.75. The van der Waals surface area contributed by atoms with Crippen LogP contribution in [0.1, 0.15) is 162 Å². The van der Waals surface area contributed by atoms with Crippen molar-refractivity contribution in [3.8, 4) is 0 Å². The van der Waals surface area contributed by atoms with Crippen LogP contribution in [0, 0.1) is 5.92 Å². The highest BCUT2D eigenvalue weighted by atomic mass is 16.5. The monoisotopic (exact) mass is 424 g/mol. The van der Waals surface area contributed by atoms with Gasteiger partial charge in [0.15, 0.2) is 0 Å². The molecule has 180 valence electrons. The molecule has 0 saturated heterocycles. The summed E-state index contributed by atoms with van der Waals surface area (Å²) in [6.07, 6.45) is 28.5. The molecule has 0 aromatic heterocycles. The van der Waals surface area contributed by atoms with Gasteiger partial charge in [-0.2, -0.15) is 0 Å². The van der Waals surface area contributed by atoms with Crippen molar-refractivity contribution >= 4 is 5.97 Å². The molecule has 0 aromatic rings. The first-order valence-electron chi connectivity index (χ1n) is 13.9. The molecule has 2 nitrogen and oxygen atoms in total. The maximum absolute atomic E-state index is 12.4. The number of carbonyl (C=O) groups is 1. The molecule has 0 aliphatic rings. The van der Waals surface area contributed by atoms with E-state index in [4.69, 9.17) is 4.74 Å². The highest BCUT2D eigenvalue weighted by molar-refractivity contribution is 5.72. The summed E-state index contributed by atoms with van der Waals surface area (Å²) in [6, 6.07) is 0. The summed E-state index contributed by atoms with van der Waals surface area (Å²) in [7, 11) is 0. The Bertz CT molecular complexity index is 340. The molecule has 0 heterocycles. The standard InChI is InChI=1S/C28H56O2/c1-4-7-9-11-12-13-14-15-16-17-18-19-20-22-25-27(24-6-3)28(29)30-26-23-21-10-8-5-2/h27H,4-26H2,1-3H3. The van der Waals surface area contributed by atoms with Gasteiger partial charge < -0.3 is 4.74 Å². The summed E-state index contributed by atoms with van der Waals surface area (Å²) in [6.45, 7) is 7.32. The molecule has 2 heteroatoms. The van der Waals surface area contributed by atoms with Crippen molar-refractivity contribution in [1.29, 1.82) is 0 Å². The molecule has 0 amide bonds. The summed E-state index contributed by atoms with van der Waals surface area (Å²) < 4.78 is 5.57. The number of esters is 1. The zero-order valence-corrected chi connectivity index (χ0v) is 21.2. The molecule has 1 atom stereocenters. The first kappa shape index (κ1) is 29.5. The Balaban J connectivity index is 3.53. The van der Waals surface area contributed by atoms with Crippen molar-refractivity contribution in [2.45, 2.75) is 162 Å². The van der Waals surface area contributed by atoms with Gasteiger partial charge in [0, 0.05) is 0 Å². The van der Waals surface area contributed by atoms with Crippen LogP contribution in [0.5, 0.6) is 0 Å². The average molecular weight is 425 g/mol. The third-order valence-electron chi connectivity index (χ3n) is 6.37. The van der Waals surface area contributed by atoms with Crippen LogP contribution in [-0.2, 0) is 9.53 Å². The van der Waals surface area contributed by atoms with E-state index in [-0.39, 0.29) is 11.9 Å². The van der Waals surface area contributed by atoms with Gasteiger partial charge in [-0.1, -0.05) is 143 Å². The van der Waals surface area contributed by atoms with Gasteiger partial charge in [0.2, 0.25) is 0 Å². The van der Waals surface area contributed by atoms with Crippen molar-refractivity contribution in [3.63, 3.8) is 0 Å². The van der Waals surface area contributed by atoms with Crippen LogP contribution in [0.25, 0.3) is 0 Å². The van der Waals surface area contributed by atoms with Gasteiger partial charge in [-0.25, -0.2) is 0 Å². The van der Waals surface area contributed by atoms with E-state index in [0.717, 1.165) is 25.7 Å². The minimum Gasteiger partial charge on any atom is -0.465 e. The molecule has 0 bridgehead atoms. The fourth-order valence-electron chi connectivity index (χ4n) is 4.31. The summed E-state index contributed by atoms with van der Waals surface area (Å²) in [5.74, 6) is 0.213. The maximum atomic E-state index is 12.4. The molecule has 0 radical (unpaired) electrons. The Morgan fingerprint density at radius 3 is 1.33 bits per heavy atom. The van der Waals surface area contributed by atoms with Crippen LogP contribution in [0.15, 0.2) is 0 Å². The Kier molecular flexibility index (Phi) is 24.3. The smallest absolute Gasteiger partial charge is 0.308 e. The third kappa shape index (κ3) is 20.7. The van der Waals surface area contributed by atoms with Gasteiger partial charge in [-0.05, 0) is 19.3 Å². The van der Waals surface area contributed by atoms with E-state index < -0.39 is 0 Å². The lowest BCUT2D eigenvalue weighted by atomic mass is 9.96. The van der Waals surface area contributed by atoms with Gasteiger partial charge in [-0.3, -0.25) is 4.79 Å². The number of hydrogen-bond donors (Lipinski definition) is 0. The van der Waals surface area contributed by atoms with Crippen LogP contribution in [0.3, 0.4) is 0 Å². The summed E-state index contributed by atoms with van der Waals surface area (Å²) >= 11 is 0. The van der Waals surface area contributed by atoms with Crippen LogP contribution in [0.4, 0.5) is 0 Å². The molecular formula is C28H56O2. The Labute approximate surface area is 190 Å². The first-order chi connectivity index (χ1) is 14.8. The van der Waals surface area contributed by atoms with Gasteiger partial charge >= 0.3 is 5.97 Å². The fourth-order valence-corrected chi connectivity index (χ4v) is 4.31. The molecule has 0 aromatic carbocycles. The van der Waals surface area contributed by atoms with Gasteiger partial charge in [0.05, 0.1) is 12.5 Å². The zero-order valence-electron chi connectivity index (χ0n) is 21.2. The normalized spacial score (nSPS) is 12.2. The number of rotatable bonds is 24. The molecular weight excluding hydrogens is 368 g/mol. The Hall–Kier alpha value is -0.530. The predicted octanol–water partition coefficient (Wildman–Crippen LogP) is 9.79. The molecule has 0 fully saturated rings. The van der Waals surface area contributed by atoms with E-state index in [9.17, 15) is 4.79 Å². The van der Waals surface area contributed by atoms with Gasteiger partial charge in [-0.15, -0.1) is 0 Å². The first-order valence-corrected chi connectivity index (χ1v) is 13.9. The fraction of sp³-hybridized carbons (Fsp3) is 0.964. The quantitative estimate of drug-likeness (QED) is 0.114. The molecule has 0 spiro atoms. The van der Waals surface area contributed by atoms with Crippen molar-refractivity contribution in [3.05, 3.63) is 0 Å². The number of unbranched alkanes of at least 4 members (excludes halogenated alkanes) is 17. The molecule has 1 unspecified atom stereocenters. The minimum absolute atomic E-state index is 0.0713. The second-order valence-electron chi connectivity index (χ2n) is 9.45. The van der Waals surface area contributed by atoms with Crippen LogP contribution < -0.4 is 0 Å². The van der Waals surface area contributed by atoms with Crippen LogP contribution in [0.2, 0.25) is 0 Å². The Morgan fingerprint density at radius 1 is 0.500 bits per heavy atom. The van der Waals surface area contributed by atoms with Gasteiger partial charge in [0.1, 0.15) is 0 Å². The summed E-state index contributed by atoms with van der Waals surface area (Å²) in [4.78, 5) is 12.4. The molecule has 0 saturated carbocycles. The minimum atomic E-state index is 0.0713. The molecule has 0 N–H and O–H groups in total. The Morgan fingerprint density at radius 2 is 0.900 bits per heavy atom.